The van der Waals surface area contributed by atoms with Gasteiger partial charge in [0.15, 0.2) is 5.13 Å². The first-order valence-electron chi connectivity index (χ1n) is 7.25. The smallest absolute Gasteiger partial charge is 0.247 e. The Morgan fingerprint density at radius 3 is 2.80 bits per heavy atom. The summed E-state index contributed by atoms with van der Waals surface area (Å²) in [6, 6.07) is 3.14. The average Bonchev–Trinajstić information content (AvgIpc) is 3.11. The van der Waals surface area contributed by atoms with E-state index in [1.807, 2.05) is 0 Å². The lowest BCUT2D eigenvalue weighted by atomic mass is 10.1. The van der Waals surface area contributed by atoms with Gasteiger partial charge in [-0.25, -0.2) is 13.8 Å². The van der Waals surface area contributed by atoms with Gasteiger partial charge in [0, 0.05) is 10.9 Å². The summed E-state index contributed by atoms with van der Waals surface area (Å²) in [5.41, 5.74) is 1.63. The van der Waals surface area contributed by atoms with E-state index in [-0.39, 0.29) is 28.8 Å². The summed E-state index contributed by atoms with van der Waals surface area (Å²) in [7, 11) is 0. The Kier molecular flexibility index (Phi) is 4.82. The Bertz CT molecular complexity index is 954. The van der Waals surface area contributed by atoms with Crippen LogP contribution in [0.1, 0.15) is 11.4 Å². The molecule has 0 saturated heterocycles. The maximum atomic E-state index is 13.8. The van der Waals surface area contributed by atoms with E-state index in [2.05, 4.69) is 15.4 Å². The Morgan fingerprint density at radius 1 is 1.36 bits per heavy atom. The van der Waals surface area contributed by atoms with Crippen LogP contribution >= 0.6 is 22.9 Å². The molecule has 130 valence electrons. The Hall–Kier alpha value is -2.32. The molecule has 0 bridgehead atoms. The molecule has 25 heavy (non-hydrogen) atoms. The highest BCUT2D eigenvalue weighted by Gasteiger charge is 2.15. The molecule has 1 N–H and O–H groups in total. The molecule has 0 radical (unpaired) electrons. The van der Waals surface area contributed by atoms with Crippen LogP contribution in [0.4, 0.5) is 13.9 Å². The number of halogens is 3. The summed E-state index contributed by atoms with van der Waals surface area (Å²) >= 11 is 7.17. The SMILES string of the molecule is Cc1nn(CC(=O)Nc2nc(-c3cc(F)ccc3F)cs2)c(C)c1Cl. The van der Waals surface area contributed by atoms with Crippen LogP contribution in [0.25, 0.3) is 11.3 Å². The zero-order valence-corrected chi connectivity index (χ0v) is 14.9. The van der Waals surface area contributed by atoms with Crippen molar-refractivity contribution in [2.45, 2.75) is 20.4 Å². The molecule has 0 unspecified atom stereocenters. The second-order valence-corrected chi connectivity index (χ2v) is 6.59. The molecule has 3 rings (SSSR count). The average molecular weight is 383 g/mol. The first-order valence-corrected chi connectivity index (χ1v) is 8.51. The number of anilines is 1. The lowest BCUT2D eigenvalue weighted by Gasteiger charge is -2.04. The Balaban J connectivity index is 1.74. The third kappa shape index (κ3) is 3.69. The lowest BCUT2D eigenvalue weighted by molar-refractivity contribution is -0.116. The van der Waals surface area contributed by atoms with E-state index in [0.717, 1.165) is 29.5 Å². The van der Waals surface area contributed by atoms with Gasteiger partial charge in [-0.15, -0.1) is 11.3 Å². The summed E-state index contributed by atoms with van der Waals surface area (Å²) in [5, 5.41) is 9.16. The zero-order valence-electron chi connectivity index (χ0n) is 13.3. The Morgan fingerprint density at radius 2 is 2.12 bits per heavy atom. The molecule has 0 atom stereocenters. The first-order chi connectivity index (χ1) is 11.8. The van der Waals surface area contributed by atoms with Crippen LogP contribution in [0, 0.1) is 25.5 Å². The highest BCUT2D eigenvalue weighted by molar-refractivity contribution is 7.14. The standard InChI is InChI=1S/C16H13ClF2N4OS/c1-8-15(17)9(2)23(22-8)6-14(24)21-16-20-13(7-25-16)11-5-10(18)3-4-12(11)19/h3-5,7H,6H2,1-2H3,(H,20,21,24). The third-order valence-corrected chi connectivity index (χ3v) is 4.85. The summed E-state index contributed by atoms with van der Waals surface area (Å²) in [4.78, 5) is 16.3. The zero-order chi connectivity index (χ0) is 18.1. The predicted molar refractivity (Wildman–Crippen MR) is 92.8 cm³/mol. The molecule has 1 amide bonds. The van der Waals surface area contributed by atoms with Crippen LogP contribution in [-0.4, -0.2) is 20.7 Å². The van der Waals surface area contributed by atoms with Crippen molar-refractivity contribution in [1.82, 2.24) is 14.8 Å². The molecule has 9 heteroatoms. The molecule has 0 saturated carbocycles. The molecule has 0 aliphatic rings. The van der Waals surface area contributed by atoms with Gasteiger partial charge < -0.3 is 5.32 Å². The van der Waals surface area contributed by atoms with Crippen molar-refractivity contribution in [2.24, 2.45) is 0 Å². The van der Waals surface area contributed by atoms with Crippen LogP contribution in [0.5, 0.6) is 0 Å². The van der Waals surface area contributed by atoms with Crippen LogP contribution in [0.3, 0.4) is 0 Å². The van der Waals surface area contributed by atoms with Gasteiger partial charge in [-0.3, -0.25) is 9.48 Å². The first kappa shape index (κ1) is 17.5. The van der Waals surface area contributed by atoms with E-state index in [9.17, 15) is 13.6 Å². The van der Waals surface area contributed by atoms with Crippen LogP contribution in [-0.2, 0) is 11.3 Å². The van der Waals surface area contributed by atoms with E-state index in [1.165, 1.54) is 4.68 Å². The minimum absolute atomic E-state index is 0.0252. The number of carbonyl (C=O) groups is 1. The van der Waals surface area contributed by atoms with Gasteiger partial charge in [0.05, 0.1) is 22.1 Å². The van der Waals surface area contributed by atoms with Gasteiger partial charge in [0.25, 0.3) is 0 Å². The van der Waals surface area contributed by atoms with Crippen molar-refractivity contribution in [1.29, 1.82) is 0 Å². The van der Waals surface area contributed by atoms with Gasteiger partial charge in [0.2, 0.25) is 5.91 Å². The van der Waals surface area contributed by atoms with Crippen LogP contribution in [0.15, 0.2) is 23.6 Å². The van der Waals surface area contributed by atoms with Crippen molar-refractivity contribution in [2.75, 3.05) is 5.32 Å². The molecule has 5 nitrogen and oxygen atoms in total. The van der Waals surface area contributed by atoms with E-state index >= 15 is 0 Å². The molecule has 3 aromatic rings. The van der Waals surface area contributed by atoms with E-state index in [0.29, 0.717) is 16.4 Å². The number of hydrogen-bond acceptors (Lipinski definition) is 4. The normalized spacial score (nSPS) is 10.9. The fourth-order valence-corrected chi connectivity index (χ4v) is 3.13. The number of hydrogen-bond donors (Lipinski definition) is 1. The van der Waals surface area contributed by atoms with Gasteiger partial charge in [-0.2, -0.15) is 5.10 Å². The summed E-state index contributed by atoms with van der Waals surface area (Å²) in [6.45, 7) is 3.50. The topological polar surface area (TPSA) is 59.8 Å². The second kappa shape index (κ2) is 6.89. The largest absolute Gasteiger partial charge is 0.300 e. The number of amides is 1. The number of aryl methyl sites for hydroxylation is 1. The number of carbonyl (C=O) groups excluding carboxylic acids is 1. The van der Waals surface area contributed by atoms with E-state index in [4.69, 9.17) is 11.6 Å². The summed E-state index contributed by atoms with van der Waals surface area (Å²) in [5.74, 6) is -1.49. The number of aromatic nitrogens is 3. The fraction of sp³-hybridized carbons (Fsp3) is 0.188. The monoisotopic (exact) mass is 382 g/mol. The lowest BCUT2D eigenvalue weighted by Crippen LogP contribution is -2.20. The van der Waals surface area contributed by atoms with E-state index < -0.39 is 11.6 Å². The molecule has 0 fully saturated rings. The van der Waals surface area contributed by atoms with Gasteiger partial charge in [0.1, 0.15) is 18.2 Å². The number of nitrogens with zero attached hydrogens (tertiary/aromatic N) is 3. The second-order valence-electron chi connectivity index (χ2n) is 5.35. The highest BCUT2D eigenvalue weighted by atomic mass is 35.5. The number of benzene rings is 1. The molecule has 2 aromatic heterocycles. The quantitative estimate of drug-likeness (QED) is 0.735. The molecular formula is C16H13ClF2N4OS. The molecule has 0 aliphatic carbocycles. The summed E-state index contributed by atoms with van der Waals surface area (Å²) in [6.07, 6.45) is 0. The predicted octanol–water partition coefficient (Wildman–Crippen LogP) is 4.19. The fourth-order valence-electron chi connectivity index (χ4n) is 2.27. The summed E-state index contributed by atoms with van der Waals surface area (Å²) < 4.78 is 28.6. The molecule has 1 aromatic carbocycles. The van der Waals surface area contributed by atoms with Crippen molar-refractivity contribution < 1.29 is 13.6 Å². The maximum Gasteiger partial charge on any atom is 0.247 e. The van der Waals surface area contributed by atoms with Crippen molar-refractivity contribution in [3.05, 3.63) is 51.6 Å². The minimum atomic E-state index is -0.582. The van der Waals surface area contributed by atoms with Crippen molar-refractivity contribution >= 4 is 34.0 Å². The van der Waals surface area contributed by atoms with Crippen molar-refractivity contribution in [3.63, 3.8) is 0 Å². The number of rotatable bonds is 4. The van der Waals surface area contributed by atoms with Crippen LogP contribution < -0.4 is 5.32 Å². The molecule has 2 heterocycles. The van der Waals surface area contributed by atoms with Crippen molar-refractivity contribution in [3.8, 4) is 11.3 Å². The number of nitrogens with one attached hydrogen (secondary N) is 1. The highest BCUT2D eigenvalue weighted by Crippen LogP contribution is 2.27. The van der Waals surface area contributed by atoms with Gasteiger partial charge >= 0.3 is 0 Å². The molecule has 0 spiro atoms. The Labute approximate surface area is 151 Å². The number of thiazole rings is 1. The molecule has 0 aliphatic heterocycles. The maximum absolute atomic E-state index is 13.8. The van der Waals surface area contributed by atoms with Crippen LogP contribution in [0.2, 0.25) is 5.02 Å². The molecular weight excluding hydrogens is 370 g/mol. The van der Waals surface area contributed by atoms with Gasteiger partial charge in [-0.05, 0) is 32.0 Å². The third-order valence-electron chi connectivity index (χ3n) is 3.54. The van der Waals surface area contributed by atoms with E-state index in [1.54, 1.807) is 19.2 Å². The minimum Gasteiger partial charge on any atom is -0.300 e. The van der Waals surface area contributed by atoms with Gasteiger partial charge in [-0.1, -0.05) is 11.6 Å².